The van der Waals surface area contributed by atoms with Gasteiger partial charge in [-0.3, -0.25) is 13.9 Å². The predicted octanol–water partition coefficient (Wildman–Crippen LogP) is 3.74. The normalized spacial score (nSPS) is 12.2. The minimum absolute atomic E-state index is 0.101. The Labute approximate surface area is 215 Å². The van der Waals surface area contributed by atoms with Crippen molar-refractivity contribution >= 4 is 27.5 Å². The van der Waals surface area contributed by atoms with E-state index in [0.717, 1.165) is 17.4 Å². The molecule has 0 saturated heterocycles. The molecule has 2 rings (SSSR count). The third kappa shape index (κ3) is 8.86. The molecule has 0 radical (unpaired) electrons. The summed E-state index contributed by atoms with van der Waals surface area (Å²) in [5.41, 5.74) is 2.51. The van der Waals surface area contributed by atoms with E-state index >= 15 is 0 Å². The Hall–Kier alpha value is -3.07. The molecule has 0 aliphatic heterocycles. The van der Waals surface area contributed by atoms with E-state index in [0.29, 0.717) is 36.9 Å². The molecule has 0 saturated carbocycles. The molecule has 9 heteroatoms. The van der Waals surface area contributed by atoms with Crippen LogP contribution in [0.15, 0.2) is 48.5 Å². The Kier molecular flexibility index (Phi) is 10.8. The van der Waals surface area contributed by atoms with Crippen molar-refractivity contribution in [2.45, 2.75) is 53.1 Å². The van der Waals surface area contributed by atoms with Gasteiger partial charge in [-0.2, -0.15) is 0 Å². The number of ether oxygens (including phenoxy) is 1. The summed E-state index contributed by atoms with van der Waals surface area (Å²) in [5.74, 6) is 0.420. The molecule has 8 nitrogen and oxygen atoms in total. The van der Waals surface area contributed by atoms with Gasteiger partial charge in [0.05, 0.1) is 19.1 Å². The van der Waals surface area contributed by atoms with Crippen molar-refractivity contribution < 1.29 is 22.7 Å². The van der Waals surface area contributed by atoms with Gasteiger partial charge in [-0.25, -0.2) is 8.42 Å². The fourth-order valence-corrected chi connectivity index (χ4v) is 4.65. The molecule has 2 aromatic rings. The maximum absolute atomic E-state index is 13.3. The van der Waals surface area contributed by atoms with Crippen LogP contribution >= 0.6 is 0 Å². The molecular weight excluding hydrogens is 478 g/mol. The molecule has 1 atom stereocenters. The Morgan fingerprint density at radius 3 is 2.31 bits per heavy atom. The summed E-state index contributed by atoms with van der Waals surface area (Å²) in [6, 6.07) is 14.0. The highest BCUT2D eigenvalue weighted by molar-refractivity contribution is 7.92. The van der Waals surface area contributed by atoms with Crippen LogP contribution in [0, 0.1) is 12.8 Å². The molecule has 2 amide bonds. The zero-order chi connectivity index (χ0) is 26.9. The lowest BCUT2D eigenvalue weighted by atomic mass is 10.1. The van der Waals surface area contributed by atoms with Gasteiger partial charge in [0, 0.05) is 32.1 Å². The zero-order valence-corrected chi connectivity index (χ0v) is 23.0. The quantitative estimate of drug-likeness (QED) is 0.437. The summed E-state index contributed by atoms with van der Waals surface area (Å²) in [7, 11) is -2.05. The molecule has 0 unspecified atom stereocenters. The Morgan fingerprint density at radius 1 is 1.06 bits per heavy atom. The smallest absolute Gasteiger partial charge is 0.242 e. The number of hydrogen-bond acceptors (Lipinski definition) is 5. The number of hydrogen-bond donors (Lipinski definition) is 1. The largest absolute Gasteiger partial charge is 0.497 e. The molecule has 198 valence electrons. The van der Waals surface area contributed by atoms with Crippen LogP contribution in [0.5, 0.6) is 5.75 Å². The van der Waals surface area contributed by atoms with E-state index in [-0.39, 0.29) is 24.8 Å². The van der Waals surface area contributed by atoms with Gasteiger partial charge in [-0.1, -0.05) is 49.7 Å². The van der Waals surface area contributed by atoms with Crippen LogP contribution in [-0.2, 0) is 26.2 Å². The number of aryl methyl sites for hydroxylation is 1. The molecule has 1 N–H and O–H groups in total. The SMILES string of the molecule is COc1cccc(N(CCCC(=O)N(Cc2ccc(C)cc2)[C@@H](C)C(=O)NCC(C)C)S(C)(=O)=O)c1. The zero-order valence-electron chi connectivity index (χ0n) is 22.2. The van der Waals surface area contributed by atoms with E-state index in [9.17, 15) is 18.0 Å². The summed E-state index contributed by atoms with van der Waals surface area (Å²) in [6.45, 7) is 8.68. The lowest BCUT2D eigenvalue weighted by Gasteiger charge is -2.29. The Morgan fingerprint density at radius 2 is 1.72 bits per heavy atom. The second-order valence-corrected chi connectivity index (χ2v) is 11.4. The van der Waals surface area contributed by atoms with Gasteiger partial charge in [0.1, 0.15) is 11.8 Å². The van der Waals surface area contributed by atoms with Crippen LogP contribution < -0.4 is 14.4 Å². The van der Waals surface area contributed by atoms with E-state index in [4.69, 9.17) is 4.74 Å². The van der Waals surface area contributed by atoms with Crippen LogP contribution in [0.3, 0.4) is 0 Å². The number of carbonyl (C=O) groups is 2. The first kappa shape index (κ1) is 29.2. The first-order chi connectivity index (χ1) is 16.9. The van der Waals surface area contributed by atoms with Gasteiger partial charge in [-0.05, 0) is 43.9 Å². The molecule has 0 aromatic heterocycles. The third-order valence-electron chi connectivity index (χ3n) is 5.82. The van der Waals surface area contributed by atoms with Crippen LogP contribution in [-0.4, -0.2) is 57.6 Å². The summed E-state index contributed by atoms with van der Waals surface area (Å²) in [5, 5.41) is 2.91. The number of nitrogens with one attached hydrogen (secondary N) is 1. The highest BCUT2D eigenvalue weighted by atomic mass is 32.2. The molecule has 0 bridgehead atoms. The molecule has 0 spiro atoms. The number of anilines is 1. The highest BCUT2D eigenvalue weighted by Crippen LogP contribution is 2.24. The van der Waals surface area contributed by atoms with Crippen LogP contribution in [0.4, 0.5) is 5.69 Å². The van der Waals surface area contributed by atoms with Gasteiger partial charge in [0.25, 0.3) is 0 Å². The van der Waals surface area contributed by atoms with Crippen molar-refractivity contribution in [1.82, 2.24) is 10.2 Å². The van der Waals surface area contributed by atoms with Crippen molar-refractivity contribution in [3.63, 3.8) is 0 Å². The second kappa shape index (κ2) is 13.3. The Bertz CT molecular complexity index is 1120. The van der Waals surface area contributed by atoms with Crippen LogP contribution in [0.1, 0.15) is 44.7 Å². The van der Waals surface area contributed by atoms with E-state index in [1.807, 2.05) is 45.0 Å². The van der Waals surface area contributed by atoms with Gasteiger partial charge < -0.3 is 15.0 Å². The minimum atomic E-state index is -3.57. The number of rotatable bonds is 13. The highest BCUT2D eigenvalue weighted by Gasteiger charge is 2.26. The van der Waals surface area contributed by atoms with Crippen LogP contribution in [0.2, 0.25) is 0 Å². The third-order valence-corrected chi connectivity index (χ3v) is 7.01. The van der Waals surface area contributed by atoms with Gasteiger partial charge in [-0.15, -0.1) is 0 Å². The molecule has 36 heavy (non-hydrogen) atoms. The van der Waals surface area contributed by atoms with Gasteiger partial charge in [0.15, 0.2) is 0 Å². The van der Waals surface area contributed by atoms with Crippen molar-refractivity contribution in [2.24, 2.45) is 5.92 Å². The van der Waals surface area contributed by atoms with E-state index in [1.54, 1.807) is 36.1 Å². The topological polar surface area (TPSA) is 96.0 Å². The van der Waals surface area contributed by atoms with Crippen LogP contribution in [0.25, 0.3) is 0 Å². The predicted molar refractivity (Wildman–Crippen MR) is 143 cm³/mol. The second-order valence-electron chi connectivity index (χ2n) is 9.46. The first-order valence-corrected chi connectivity index (χ1v) is 14.0. The summed E-state index contributed by atoms with van der Waals surface area (Å²) in [4.78, 5) is 27.7. The molecule has 2 aromatic carbocycles. The Balaban J connectivity index is 2.16. The average molecular weight is 518 g/mol. The molecule has 0 aliphatic carbocycles. The van der Waals surface area contributed by atoms with Crippen molar-refractivity contribution in [3.8, 4) is 5.75 Å². The summed E-state index contributed by atoms with van der Waals surface area (Å²) in [6.07, 6.45) is 1.54. The van der Waals surface area contributed by atoms with E-state index in [1.165, 1.54) is 11.4 Å². The molecule has 0 heterocycles. The fraction of sp³-hybridized carbons (Fsp3) is 0.481. The molecular formula is C27H39N3O5S. The van der Waals surface area contributed by atoms with Gasteiger partial charge in [0.2, 0.25) is 21.8 Å². The van der Waals surface area contributed by atoms with E-state index in [2.05, 4.69) is 5.32 Å². The van der Waals surface area contributed by atoms with Crippen molar-refractivity contribution in [3.05, 3.63) is 59.7 Å². The summed E-state index contributed by atoms with van der Waals surface area (Å²) >= 11 is 0. The fourth-order valence-electron chi connectivity index (χ4n) is 3.69. The standard InChI is InChI=1S/C27H39N3O5S/c1-20(2)18-28-27(32)22(4)29(19-23-14-12-21(3)13-15-23)26(31)11-8-16-30(36(6,33)34)24-9-7-10-25(17-24)35-5/h7,9-10,12-15,17,20,22H,8,11,16,18-19H2,1-6H3,(H,28,32)/t22-/m0/s1. The van der Waals surface area contributed by atoms with Gasteiger partial charge >= 0.3 is 0 Å². The number of carbonyl (C=O) groups excluding carboxylic acids is 2. The molecule has 0 aliphatic rings. The number of nitrogens with zero attached hydrogens (tertiary/aromatic N) is 2. The number of benzene rings is 2. The van der Waals surface area contributed by atoms with Crippen molar-refractivity contribution in [1.29, 1.82) is 0 Å². The lowest BCUT2D eigenvalue weighted by Crippen LogP contribution is -2.48. The average Bonchev–Trinajstić information content (AvgIpc) is 2.83. The van der Waals surface area contributed by atoms with E-state index < -0.39 is 16.1 Å². The lowest BCUT2D eigenvalue weighted by molar-refractivity contribution is -0.140. The maximum Gasteiger partial charge on any atom is 0.242 e. The maximum atomic E-state index is 13.3. The first-order valence-electron chi connectivity index (χ1n) is 12.2. The number of sulfonamides is 1. The number of methoxy groups -OCH3 is 1. The van der Waals surface area contributed by atoms with Crippen molar-refractivity contribution in [2.75, 3.05) is 30.8 Å². The molecule has 0 fully saturated rings. The summed E-state index contributed by atoms with van der Waals surface area (Å²) < 4.78 is 31.4. The number of amides is 2. The monoisotopic (exact) mass is 517 g/mol. The minimum Gasteiger partial charge on any atom is -0.497 e.